The van der Waals surface area contributed by atoms with Gasteiger partial charge in [-0.05, 0) is 17.7 Å². The van der Waals surface area contributed by atoms with Gasteiger partial charge in [-0.1, -0.05) is 35.5 Å². The Bertz CT molecular complexity index is 800. The van der Waals surface area contributed by atoms with Crippen molar-refractivity contribution >= 4 is 0 Å². The molecule has 0 saturated carbocycles. The number of halogens is 3. The van der Waals surface area contributed by atoms with Gasteiger partial charge in [0.25, 0.3) is 0 Å². The second-order valence-corrected chi connectivity index (χ2v) is 5.19. The van der Waals surface area contributed by atoms with Crippen molar-refractivity contribution in [1.82, 2.24) is 20.0 Å². The third kappa shape index (κ3) is 3.60. The highest BCUT2D eigenvalue weighted by molar-refractivity contribution is 5.29. The first kappa shape index (κ1) is 16.1. The molecule has 8 heteroatoms. The van der Waals surface area contributed by atoms with Crippen LogP contribution in [0.5, 0.6) is 0 Å². The van der Waals surface area contributed by atoms with Crippen molar-refractivity contribution in [2.24, 2.45) is 0 Å². The number of hydrogen-bond donors (Lipinski definition) is 1. The van der Waals surface area contributed by atoms with Gasteiger partial charge in [0, 0.05) is 6.42 Å². The van der Waals surface area contributed by atoms with Gasteiger partial charge in [0.1, 0.15) is 17.5 Å². The zero-order valence-electron chi connectivity index (χ0n) is 12.4. The molecular weight excluding hydrogens is 321 g/mol. The minimum Gasteiger partial charge on any atom is -0.386 e. The van der Waals surface area contributed by atoms with Crippen molar-refractivity contribution in [3.63, 3.8) is 0 Å². The molecule has 2 aromatic heterocycles. The van der Waals surface area contributed by atoms with Crippen LogP contribution in [0.25, 0.3) is 5.69 Å². The summed E-state index contributed by atoms with van der Waals surface area (Å²) in [5, 5.41) is 17.9. The van der Waals surface area contributed by atoms with E-state index >= 15 is 0 Å². The molecule has 0 saturated heterocycles. The maximum atomic E-state index is 12.5. The van der Waals surface area contributed by atoms with Crippen LogP contribution in [0, 0.1) is 0 Å². The van der Waals surface area contributed by atoms with Crippen molar-refractivity contribution in [2.75, 3.05) is 0 Å². The highest BCUT2D eigenvalue weighted by atomic mass is 19.4. The number of nitrogens with zero attached hydrogens (tertiary/aromatic N) is 4. The van der Waals surface area contributed by atoms with E-state index in [4.69, 9.17) is 0 Å². The molecule has 0 aliphatic rings. The third-order valence-corrected chi connectivity index (χ3v) is 3.43. The van der Waals surface area contributed by atoms with Gasteiger partial charge in [-0.2, -0.15) is 13.2 Å². The van der Waals surface area contributed by atoms with E-state index in [0.717, 1.165) is 17.8 Å². The van der Waals surface area contributed by atoms with E-state index in [1.165, 1.54) is 16.9 Å². The molecule has 3 aromatic rings. The highest BCUT2D eigenvalue weighted by Gasteiger charge is 2.32. The zero-order chi connectivity index (χ0) is 17.2. The van der Waals surface area contributed by atoms with Crippen LogP contribution in [0.2, 0.25) is 0 Å². The number of rotatable bonds is 4. The van der Waals surface area contributed by atoms with Crippen LogP contribution in [0.4, 0.5) is 13.2 Å². The number of hydrogen-bond acceptors (Lipinski definition) is 4. The summed E-state index contributed by atoms with van der Waals surface area (Å²) in [6.45, 7) is 0. The zero-order valence-corrected chi connectivity index (χ0v) is 12.4. The van der Waals surface area contributed by atoms with Gasteiger partial charge >= 0.3 is 6.18 Å². The summed E-state index contributed by atoms with van der Waals surface area (Å²) in [4.78, 5) is 3.37. The van der Waals surface area contributed by atoms with Crippen molar-refractivity contribution < 1.29 is 18.3 Å². The summed E-state index contributed by atoms with van der Waals surface area (Å²) < 4.78 is 38.8. The predicted octanol–water partition coefficient (Wildman–Crippen LogP) is 2.96. The normalized spacial score (nSPS) is 13.0. The number of benzene rings is 1. The Kier molecular flexibility index (Phi) is 4.30. The summed E-state index contributed by atoms with van der Waals surface area (Å²) in [7, 11) is 0. The molecule has 1 aromatic carbocycles. The summed E-state index contributed by atoms with van der Waals surface area (Å²) in [6, 6.07) is 11.5. The summed E-state index contributed by atoms with van der Waals surface area (Å²) in [6.07, 6.45) is -2.45. The van der Waals surface area contributed by atoms with Gasteiger partial charge < -0.3 is 5.11 Å². The Morgan fingerprint density at radius 3 is 2.46 bits per heavy atom. The Hall–Kier alpha value is -2.74. The van der Waals surface area contributed by atoms with Gasteiger partial charge in [-0.25, -0.2) is 9.67 Å². The van der Waals surface area contributed by atoms with Gasteiger partial charge in [-0.15, -0.1) is 5.10 Å². The average molecular weight is 334 g/mol. The molecule has 1 atom stereocenters. The molecular formula is C16H13F3N4O. The first-order valence-corrected chi connectivity index (χ1v) is 7.11. The number of aromatic nitrogens is 4. The molecule has 3 rings (SSSR count). The molecule has 1 N–H and O–H groups in total. The van der Waals surface area contributed by atoms with Crippen LogP contribution in [0.15, 0.2) is 54.9 Å². The fourth-order valence-corrected chi connectivity index (χ4v) is 2.19. The monoisotopic (exact) mass is 334 g/mol. The van der Waals surface area contributed by atoms with E-state index in [1.54, 1.807) is 0 Å². The third-order valence-electron chi connectivity index (χ3n) is 3.43. The second-order valence-electron chi connectivity index (χ2n) is 5.19. The van der Waals surface area contributed by atoms with Gasteiger partial charge in [0.15, 0.2) is 0 Å². The van der Waals surface area contributed by atoms with E-state index < -0.39 is 18.0 Å². The van der Waals surface area contributed by atoms with Crippen molar-refractivity contribution in [1.29, 1.82) is 0 Å². The number of aliphatic hydroxyl groups excluding tert-OH is 1. The molecule has 0 radical (unpaired) electrons. The Balaban J connectivity index is 1.75. The second kappa shape index (κ2) is 6.40. The maximum Gasteiger partial charge on any atom is 0.433 e. The molecule has 5 nitrogen and oxygen atoms in total. The van der Waals surface area contributed by atoms with E-state index in [0.29, 0.717) is 17.8 Å². The van der Waals surface area contributed by atoms with Crippen molar-refractivity contribution in [3.05, 3.63) is 71.8 Å². The van der Waals surface area contributed by atoms with Crippen LogP contribution in [0.1, 0.15) is 23.1 Å². The van der Waals surface area contributed by atoms with Crippen molar-refractivity contribution in [3.8, 4) is 5.69 Å². The van der Waals surface area contributed by atoms with Crippen LogP contribution < -0.4 is 0 Å². The first-order chi connectivity index (χ1) is 11.4. The van der Waals surface area contributed by atoms with Crippen LogP contribution >= 0.6 is 0 Å². The lowest BCUT2D eigenvalue weighted by atomic mass is 10.1. The predicted molar refractivity (Wildman–Crippen MR) is 79.3 cm³/mol. The minimum atomic E-state index is -4.49. The summed E-state index contributed by atoms with van der Waals surface area (Å²) in [5.74, 6) is 0. The lowest BCUT2D eigenvalue weighted by Gasteiger charge is -2.07. The van der Waals surface area contributed by atoms with E-state index in [9.17, 15) is 18.3 Å². The lowest BCUT2D eigenvalue weighted by Crippen LogP contribution is -2.08. The average Bonchev–Trinajstić information content (AvgIpc) is 3.05. The fourth-order valence-electron chi connectivity index (χ4n) is 2.19. The molecule has 0 spiro atoms. The standard InChI is InChI=1S/C16H13F3N4O/c17-16(18,19)15-7-6-12(9-20-15)23-10-13(21-22-23)14(24)8-11-4-2-1-3-5-11/h1-7,9-10,14,24H,8H2. The smallest absolute Gasteiger partial charge is 0.386 e. The fraction of sp³-hybridized carbons (Fsp3) is 0.188. The molecule has 24 heavy (non-hydrogen) atoms. The largest absolute Gasteiger partial charge is 0.433 e. The Morgan fingerprint density at radius 1 is 1.08 bits per heavy atom. The van der Waals surface area contributed by atoms with Gasteiger partial charge in [-0.3, -0.25) is 0 Å². The molecule has 1 unspecified atom stereocenters. The maximum absolute atomic E-state index is 12.5. The summed E-state index contributed by atoms with van der Waals surface area (Å²) >= 11 is 0. The number of alkyl halides is 3. The highest BCUT2D eigenvalue weighted by Crippen LogP contribution is 2.27. The topological polar surface area (TPSA) is 63.8 Å². The molecule has 124 valence electrons. The molecule has 2 heterocycles. The van der Waals surface area contributed by atoms with Crippen LogP contribution in [0.3, 0.4) is 0 Å². The van der Waals surface area contributed by atoms with E-state index in [2.05, 4.69) is 15.3 Å². The Labute approximate surface area is 135 Å². The van der Waals surface area contributed by atoms with E-state index in [-0.39, 0.29) is 0 Å². The summed E-state index contributed by atoms with van der Waals surface area (Å²) in [5.41, 5.74) is 0.624. The molecule has 0 bridgehead atoms. The van der Waals surface area contributed by atoms with Gasteiger partial charge in [0.05, 0.1) is 18.1 Å². The van der Waals surface area contributed by atoms with Crippen LogP contribution in [-0.4, -0.2) is 25.1 Å². The first-order valence-electron chi connectivity index (χ1n) is 7.11. The number of aliphatic hydroxyl groups is 1. The molecule has 0 aliphatic heterocycles. The lowest BCUT2D eigenvalue weighted by molar-refractivity contribution is -0.141. The van der Waals surface area contributed by atoms with Gasteiger partial charge in [0.2, 0.25) is 0 Å². The molecule has 0 amide bonds. The van der Waals surface area contributed by atoms with Crippen LogP contribution in [-0.2, 0) is 12.6 Å². The minimum absolute atomic E-state index is 0.327. The molecule has 0 aliphatic carbocycles. The number of pyridine rings is 1. The quantitative estimate of drug-likeness (QED) is 0.797. The SMILES string of the molecule is OC(Cc1ccccc1)c1cn(-c2ccc(C(F)(F)F)nc2)nn1. The van der Waals surface area contributed by atoms with Crippen molar-refractivity contribution in [2.45, 2.75) is 18.7 Å². The van der Waals surface area contributed by atoms with E-state index in [1.807, 2.05) is 30.3 Å². The Morgan fingerprint density at radius 2 is 1.83 bits per heavy atom. The molecule has 0 fully saturated rings.